The van der Waals surface area contributed by atoms with Gasteiger partial charge in [0.05, 0.1) is 18.2 Å². The number of benzene rings is 2. The van der Waals surface area contributed by atoms with E-state index >= 15 is 0 Å². The van der Waals surface area contributed by atoms with Crippen LogP contribution in [0.4, 0.5) is 10.1 Å². The molecule has 0 bridgehead atoms. The fourth-order valence-electron chi connectivity index (χ4n) is 3.19. The van der Waals surface area contributed by atoms with E-state index in [1.54, 1.807) is 41.3 Å². The minimum absolute atomic E-state index is 0.0726. The number of carbonyl (C=O) groups excluding carboxylic acids is 2. The van der Waals surface area contributed by atoms with Crippen molar-refractivity contribution < 1.29 is 18.7 Å². The molecule has 0 radical (unpaired) electrons. The van der Waals surface area contributed by atoms with Gasteiger partial charge in [-0.3, -0.25) is 4.79 Å². The molecule has 6 heteroatoms. The number of ether oxygens (including phenoxy) is 1. The Balaban J connectivity index is 1.72. The average molecular weight is 356 g/mol. The zero-order chi connectivity index (χ0) is 18.5. The SMILES string of the molecule is COC(=O)c1ccccc1C(=O)N1CCCC(Nc2ccc(F)cc2)C1. The van der Waals surface area contributed by atoms with Crippen molar-refractivity contribution in [3.8, 4) is 0 Å². The molecular weight excluding hydrogens is 335 g/mol. The van der Waals surface area contributed by atoms with Crippen LogP contribution in [0.15, 0.2) is 48.5 Å². The molecule has 1 fully saturated rings. The summed E-state index contributed by atoms with van der Waals surface area (Å²) in [5, 5.41) is 3.34. The molecule has 136 valence electrons. The predicted octanol–water partition coefficient (Wildman–Crippen LogP) is 3.33. The number of esters is 1. The topological polar surface area (TPSA) is 58.6 Å². The molecule has 5 nitrogen and oxygen atoms in total. The molecule has 26 heavy (non-hydrogen) atoms. The molecule has 1 N–H and O–H groups in total. The quantitative estimate of drug-likeness (QED) is 0.854. The number of carbonyl (C=O) groups is 2. The van der Waals surface area contributed by atoms with Crippen LogP contribution in [0.3, 0.4) is 0 Å². The third kappa shape index (κ3) is 4.02. The Morgan fingerprint density at radius 2 is 1.81 bits per heavy atom. The molecule has 1 amide bonds. The van der Waals surface area contributed by atoms with Gasteiger partial charge in [0.15, 0.2) is 0 Å². The molecule has 1 aliphatic heterocycles. The van der Waals surface area contributed by atoms with Crippen LogP contribution in [0.1, 0.15) is 33.6 Å². The Kier molecular flexibility index (Phi) is 5.51. The van der Waals surface area contributed by atoms with Crippen molar-refractivity contribution in [2.75, 3.05) is 25.5 Å². The summed E-state index contributed by atoms with van der Waals surface area (Å²) in [5.74, 6) is -0.987. The highest BCUT2D eigenvalue weighted by molar-refractivity contribution is 6.05. The Hall–Kier alpha value is -2.89. The second kappa shape index (κ2) is 7.99. The van der Waals surface area contributed by atoms with E-state index in [1.165, 1.54) is 19.2 Å². The number of hydrogen-bond donors (Lipinski definition) is 1. The van der Waals surface area contributed by atoms with Crippen molar-refractivity contribution in [1.82, 2.24) is 4.90 Å². The van der Waals surface area contributed by atoms with Crippen molar-refractivity contribution in [2.45, 2.75) is 18.9 Å². The monoisotopic (exact) mass is 356 g/mol. The van der Waals surface area contributed by atoms with Crippen LogP contribution in [0.25, 0.3) is 0 Å². The van der Waals surface area contributed by atoms with Gasteiger partial charge in [0.25, 0.3) is 5.91 Å². The van der Waals surface area contributed by atoms with Crippen LogP contribution < -0.4 is 5.32 Å². The zero-order valence-electron chi connectivity index (χ0n) is 14.6. The average Bonchev–Trinajstić information content (AvgIpc) is 2.69. The maximum absolute atomic E-state index is 13.0. The van der Waals surface area contributed by atoms with Gasteiger partial charge in [0, 0.05) is 24.8 Å². The maximum Gasteiger partial charge on any atom is 0.338 e. The van der Waals surface area contributed by atoms with Crippen molar-refractivity contribution in [2.24, 2.45) is 0 Å². The molecule has 1 saturated heterocycles. The summed E-state index contributed by atoms with van der Waals surface area (Å²) in [4.78, 5) is 26.6. The van der Waals surface area contributed by atoms with E-state index < -0.39 is 5.97 Å². The summed E-state index contributed by atoms with van der Waals surface area (Å²) >= 11 is 0. The molecule has 1 unspecified atom stereocenters. The van der Waals surface area contributed by atoms with Crippen molar-refractivity contribution in [1.29, 1.82) is 0 Å². The molecule has 1 atom stereocenters. The number of piperidine rings is 1. The second-order valence-corrected chi connectivity index (χ2v) is 6.28. The predicted molar refractivity (Wildman–Crippen MR) is 96.7 cm³/mol. The van der Waals surface area contributed by atoms with Gasteiger partial charge in [-0.15, -0.1) is 0 Å². The van der Waals surface area contributed by atoms with E-state index in [1.807, 2.05) is 0 Å². The van der Waals surface area contributed by atoms with Crippen LogP contribution >= 0.6 is 0 Å². The molecule has 0 spiro atoms. The van der Waals surface area contributed by atoms with Crippen LogP contribution in [0, 0.1) is 5.82 Å². The first-order chi connectivity index (χ1) is 12.6. The van der Waals surface area contributed by atoms with Crippen molar-refractivity contribution >= 4 is 17.6 Å². The lowest BCUT2D eigenvalue weighted by Gasteiger charge is -2.34. The molecular formula is C20H21FN2O3. The molecule has 1 aliphatic rings. The van der Waals surface area contributed by atoms with E-state index in [-0.39, 0.29) is 23.3 Å². The largest absolute Gasteiger partial charge is 0.465 e. The summed E-state index contributed by atoms with van der Waals surface area (Å²) in [6.45, 7) is 1.15. The number of nitrogens with one attached hydrogen (secondary N) is 1. The van der Waals surface area contributed by atoms with Gasteiger partial charge in [-0.25, -0.2) is 9.18 Å². The van der Waals surface area contributed by atoms with Gasteiger partial charge in [-0.05, 0) is 49.2 Å². The fraction of sp³-hybridized carbons (Fsp3) is 0.300. The molecule has 1 heterocycles. The van der Waals surface area contributed by atoms with Gasteiger partial charge in [-0.2, -0.15) is 0 Å². The molecule has 3 rings (SSSR count). The number of anilines is 1. The van der Waals surface area contributed by atoms with E-state index in [9.17, 15) is 14.0 Å². The lowest BCUT2D eigenvalue weighted by molar-refractivity contribution is 0.0587. The fourth-order valence-corrected chi connectivity index (χ4v) is 3.19. The van der Waals surface area contributed by atoms with Crippen LogP contribution in [-0.4, -0.2) is 43.0 Å². The van der Waals surface area contributed by atoms with Gasteiger partial charge in [0.1, 0.15) is 5.82 Å². The van der Waals surface area contributed by atoms with E-state index in [0.29, 0.717) is 18.7 Å². The number of likely N-dealkylation sites (tertiary alicyclic amines) is 1. The maximum atomic E-state index is 13.0. The minimum atomic E-state index is -0.521. The standard InChI is InChI=1S/C20H21FN2O3/c1-26-20(25)18-7-3-2-6-17(18)19(24)23-12-4-5-16(13-23)22-15-10-8-14(21)9-11-15/h2-3,6-11,16,22H,4-5,12-13H2,1H3. The van der Waals surface area contributed by atoms with Crippen LogP contribution in [0.2, 0.25) is 0 Å². The van der Waals surface area contributed by atoms with E-state index in [2.05, 4.69) is 5.32 Å². The van der Waals surface area contributed by atoms with E-state index in [0.717, 1.165) is 18.5 Å². The Morgan fingerprint density at radius 3 is 2.50 bits per heavy atom. The van der Waals surface area contributed by atoms with Gasteiger partial charge >= 0.3 is 5.97 Å². The number of methoxy groups -OCH3 is 1. The highest BCUT2D eigenvalue weighted by Crippen LogP contribution is 2.20. The number of rotatable bonds is 4. The summed E-state index contributed by atoms with van der Waals surface area (Å²) in [6.07, 6.45) is 1.77. The molecule has 2 aromatic rings. The third-order valence-corrected chi connectivity index (χ3v) is 4.49. The van der Waals surface area contributed by atoms with Crippen LogP contribution in [0.5, 0.6) is 0 Å². The summed E-state index contributed by atoms with van der Waals surface area (Å²) < 4.78 is 17.8. The second-order valence-electron chi connectivity index (χ2n) is 6.28. The highest BCUT2D eigenvalue weighted by atomic mass is 19.1. The van der Waals surface area contributed by atoms with Crippen molar-refractivity contribution in [3.05, 3.63) is 65.5 Å². The van der Waals surface area contributed by atoms with Gasteiger partial charge < -0.3 is 15.0 Å². The highest BCUT2D eigenvalue weighted by Gasteiger charge is 2.27. The lowest BCUT2D eigenvalue weighted by Crippen LogP contribution is -2.45. The molecule has 0 aromatic heterocycles. The van der Waals surface area contributed by atoms with Crippen LogP contribution in [-0.2, 0) is 4.74 Å². The Morgan fingerprint density at radius 1 is 1.12 bits per heavy atom. The number of hydrogen-bond acceptors (Lipinski definition) is 4. The minimum Gasteiger partial charge on any atom is -0.465 e. The summed E-state index contributed by atoms with van der Waals surface area (Å²) in [5.41, 5.74) is 1.44. The normalized spacial score (nSPS) is 16.8. The summed E-state index contributed by atoms with van der Waals surface area (Å²) in [6, 6.07) is 12.9. The van der Waals surface area contributed by atoms with E-state index in [4.69, 9.17) is 4.74 Å². The first-order valence-corrected chi connectivity index (χ1v) is 8.57. The first-order valence-electron chi connectivity index (χ1n) is 8.57. The lowest BCUT2D eigenvalue weighted by atomic mass is 10.0. The zero-order valence-corrected chi connectivity index (χ0v) is 14.6. The van der Waals surface area contributed by atoms with Gasteiger partial charge in [0.2, 0.25) is 0 Å². The summed E-state index contributed by atoms with van der Waals surface area (Å²) in [7, 11) is 1.30. The molecule has 0 aliphatic carbocycles. The number of nitrogens with zero attached hydrogens (tertiary/aromatic N) is 1. The number of halogens is 1. The Labute approximate surface area is 151 Å². The smallest absolute Gasteiger partial charge is 0.338 e. The van der Waals surface area contributed by atoms with Gasteiger partial charge in [-0.1, -0.05) is 12.1 Å². The first kappa shape index (κ1) is 17.9. The molecule has 0 saturated carbocycles. The molecule has 2 aromatic carbocycles. The Bertz CT molecular complexity index is 792. The van der Waals surface area contributed by atoms with Crippen molar-refractivity contribution in [3.63, 3.8) is 0 Å². The number of amides is 1. The third-order valence-electron chi connectivity index (χ3n) is 4.49.